The molecular formula is C17H34N4. The van der Waals surface area contributed by atoms with Crippen LogP contribution in [0.1, 0.15) is 67.1 Å². The minimum atomic E-state index is 0.153. The van der Waals surface area contributed by atoms with E-state index >= 15 is 0 Å². The molecule has 4 nitrogen and oxygen atoms in total. The fourth-order valence-electron chi connectivity index (χ4n) is 2.63. The van der Waals surface area contributed by atoms with Crippen molar-refractivity contribution in [2.75, 3.05) is 6.54 Å². The van der Waals surface area contributed by atoms with Crippen molar-refractivity contribution in [1.82, 2.24) is 20.1 Å². The Morgan fingerprint density at radius 1 is 1.24 bits per heavy atom. The van der Waals surface area contributed by atoms with Gasteiger partial charge in [0, 0.05) is 25.0 Å². The van der Waals surface area contributed by atoms with E-state index in [4.69, 9.17) is 0 Å². The Bertz CT molecular complexity index is 417. The number of hydrogen-bond donors (Lipinski definition) is 1. The molecule has 1 unspecified atom stereocenters. The summed E-state index contributed by atoms with van der Waals surface area (Å²) in [6.07, 6.45) is 5.07. The van der Waals surface area contributed by atoms with E-state index in [1.165, 1.54) is 12.8 Å². The lowest BCUT2D eigenvalue weighted by Crippen LogP contribution is -2.44. The molecule has 0 saturated heterocycles. The van der Waals surface area contributed by atoms with Crippen LogP contribution in [-0.2, 0) is 13.0 Å². The third kappa shape index (κ3) is 6.60. The van der Waals surface area contributed by atoms with Gasteiger partial charge in [0.1, 0.15) is 12.2 Å². The predicted molar refractivity (Wildman–Crippen MR) is 89.3 cm³/mol. The topological polar surface area (TPSA) is 42.7 Å². The zero-order chi connectivity index (χ0) is 16.1. The van der Waals surface area contributed by atoms with Gasteiger partial charge in [-0.05, 0) is 38.5 Å². The molecule has 0 spiro atoms. The van der Waals surface area contributed by atoms with E-state index in [9.17, 15) is 0 Å². The van der Waals surface area contributed by atoms with Crippen molar-refractivity contribution < 1.29 is 0 Å². The van der Waals surface area contributed by atoms with E-state index in [2.05, 4.69) is 68.5 Å². The molecule has 1 aromatic rings. The molecule has 1 N–H and O–H groups in total. The van der Waals surface area contributed by atoms with Crippen molar-refractivity contribution in [1.29, 1.82) is 0 Å². The Morgan fingerprint density at radius 3 is 2.43 bits per heavy atom. The van der Waals surface area contributed by atoms with Crippen LogP contribution >= 0.6 is 0 Å². The molecule has 0 aliphatic heterocycles. The number of nitrogens with zero attached hydrogens (tertiary/aromatic N) is 3. The highest BCUT2D eigenvalue weighted by Gasteiger charge is 2.28. The molecule has 1 rings (SSSR count). The monoisotopic (exact) mass is 294 g/mol. The molecule has 0 aliphatic carbocycles. The fourth-order valence-corrected chi connectivity index (χ4v) is 2.63. The second kappa shape index (κ2) is 7.39. The Kier molecular flexibility index (Phi) is 6.39. The second-order valence-corrected chi connectivity index (χ2v) is 8.09. The highest BCUT2D eigenvalue weighted by Crippen LogP contribution is 2.27. The van der Waals surface area contributed by atoms with Crippen molar-refractivity contribution in [2.24, 2.45) is 11.3 Å². The summed E-state index contributed by atoms with van der Waals surface area (Å²) in [6, 6.07) is 0. The summed E-state index contributed by atoms with van der Waals surface area (Å²) >= 11 is 0. The summed E-state index contributed by atoms with van der Waals surface area (Å²) in [5.41, 5.74) is 0.379. The third-order valence-electron chi connectivity index (χ3n) is 3.72. The van der Waals surface area contributed by atoms with Gasteiger partial charge >= 0.3 is 0 Å². The van der Waals surface area contributed by atoms with E-state index in [1.807, 2.05) is 0 Å². The van der Waals surface area contributed by atoms with Gasteiger partial charge in [-0.25, -0.2) is 9.67 Å². The van der Waals surface area contributed by atoms with Crippen molar-refractivity contribution in [3.8, 4) is 0 Å². The maximum absolute atomic E-state index is 4.51. The Hall–Kier alpha value is -0.900. The smallest absolute Gasteiger partial charge is 0.138 e. The number of hydrogen-bond acceptors (Lipinski definition) is 3. The highest BCUT2D eigenvalue weighted by atomic mass is 15.3. The van der Waals surface area contributed by atoms with E-state index in [0.29, 0.717) is 5.92 Å². The maximum Gasteiger partial charge on any atom is 0.138 e. The molecule has 1 aromatic heterocycles. The van der Waals surface area contributed by atoms with Gasteiger partial charge in [-0.1, -0.05) is 34.1 Å². The molecule has 21 heavy (non-hydrogen) atoms. The molecule has 4 heteroatoms. The summed E-state index contributed by atoms with van der Waals surface area (Å²) in [6.45, 7) is 17.7. The molecule has 1 atom stereocenters. The van der Waals surface area contributed by atoms with Crippen LogP contribution in [0, 0.1) is 11.3 Å². The first-order chi connectivity index (χ1) is 9.65. The number of nitrogens with one attached hydrogen (secondary N) is 1. The third-order valence-corrected chi connectivity index (χ3v) is 3.72. The number of aromatic nitrogens is 3. The van der Waals surface area contributed by atoms with E-state index < -0.39 is 0 Å². The van der Waals surface area contributed by atoms with Crippen LogP contribution in [0.15, 0.2) is 6.33 Å². The minimum absolute atomic E-state index is 0.153. The van der Waals surface area contributed by atoms with Gasteiger partial charge in [-0.2, -0.15) is 5.10 Å². The molecule has 0 aliphatic rings. The molecule has 0 fully saturated rings. The predicted octanol–water partition coefficient (Wildman–Crippen LogP) is 3.67. The summed E-state index contributed by atoms with van der Waals surface area (Å²) in [5, 5.41) is 8.06. The van der Waals surface area contributed by atoms with E-state index in [-0.39, 0.29) is 11.0 Å². The molecule has 0 aromatic carbocycles. The Balaban J connectivity index is 2.79. The SMILES string of the molecule is CCCC(C)(CNC(C)(C)C)Cc1ncnn1CC(C)C. The van der Waals surface area contributed by atoms with Gasteiger partial charge in [-0.3, -0.25) is 0 Å². The van der Waals surface area contributed by atoms with E-state index in [0.717, 1.165) is 25.3 Å². The van der Waals surface area contributed by atoms with Gasteiger partial charge in [0.2, 0.25) is 0 Å². The van der Waals surface area contributed by atoms with Gasteiger partial charge in [0.05, 0.1) is 0 Å². The normalized spacial score (nSPS) is 15.4. The average molecular weight is 294 g/mol. The van der Waals surface area contributed by atoms with Crippen LogP contribution in [0.2, 0.25) is 0 Å². The van der Waals surface area contributed by atoms with Crippen LogP contribution in [0.4, 0.5) is 0 Å². The lowest BCUT2D eigenvalue weighted by Gasteiger charge is -2.33. The molecule has 0 saturated carbocycles. The number of rotatable bonds is 8. The second-order valence-electron chi connectivity index (χ2n) is 8.09. The molecule has 0 bridgehead atoms. The Morgan fingerprint density at radius 2 is 1.90 bits per heavy atom. The quantitative estimate of drug-likeness (QED) is 0.795. The lowest BCUT2D eigenvalue weighted by molar-refractivity contribution is 0.235. The summed E-state index contributed by atoms with van der Waals surface area (Å²) < 4.78 is 2.08. The largest absolute Gasteiger partial charge is 0.312 e. The molecule has 0 amide bonds. The summed E-state index contributed by atoms with van der Waals surface area (Å²) in [7, 11) is 0. The fraction of sp³-hybridized carbons (Fsp3) is 0.882. The lowest BCUT2D eigenvalue weighted by atomic mass is 9.81. The summed E-state index contributed by atoms with van der Waals surface area (Å²) in [4.78, 5) is 4.51. The van der Waals surface area contributed by atoms with Crippen LogP contribution in [0.3, 0.4) is 0 Å². The first kappa shape index (κ1) is 18.1. The molecule has 0 radical (unpaired) electrons. The van der Waals surface area contributed by atoms with Crippen LogP contribution < -0.4 is 5.32 Å². The molecule has 122 valence electrons. The van der Waals surface area contributed by atoms with Crippen LogP contribution in [-0.4, -0.2) is 26.8 Å². The minimum Gasteiger partial charge on any atom is -0.312 e. The molecule has 1 heterocycles. The van der Waals surface area contributed by atoms with Gasteiger partial charge in [-0.15, -0.1) is 0 Å². The highest BCUT2D eigenvalue weighted by molar-refractivity contribution is 4.94. The van der Waals surface area contributed by atoms with Crippen molar-refractivity contribution in [2.45, 2.75) is 79.8 Å². The average Bonchev–Trinajstić information content (AvgIpc) is 2.73. The first-order valence-electron chi connectivity index (χ1n) is 8.27. The Labute approximate surface area is 130 Å². The molecular weight excluding hydrogens is 260 g/mol. The van der Waals surface area contributed by atoms with E-state index in [1.54, 1.807) is 6.33 Å². The zero-order valence-electron chi connectivity index (χ0n) is 15.0. The summed E-state index contributed by atoms with van der Waals surface area (Å²) in [5.74, 6) is 1.71. The van der Waals surface area contributed by atoms with Crippen molar-refractivity contribution in [3.63, 3.8) is 0 Å². The maximum atomic E-state index is 4.51. The van der Waals surface area contributed by atoms with Gasteiger partial charge in [0.15, 0.2) is 0 Å². The van der Waals surface area contributed by atoms with Gasteiger partial charge in [0.25, 0.3) is 0 Å². The zero-order valence-corrected chi connectivity index (χ0v) is 15.0. The van der Waals surface area contributed by atoms with Gasteiger partial charge < -0.3 is 5.32 Å². The van der Waals surface area contributed by atoms with Crippen molar-refractivity contribution >= 4 is 0 Å². The van der Waals surface area contributed by atoms with Crippen LogP contribution in [0.25, 0.3) is 0 Å². The van der Waals surface area contributed by atoms with Crippen molar-refractivity contribution in [3.05, 3.63) is 12.2 Å². The standard InChI is InChI=1S/C17H34N4/c1-8-9-17(7,12-19-16(4,5)6)10-15-18-13-20-21(15)11-14(2)3/h13-14,19H,8-12H2,1-7H3. The van der Waals surface area contributed by atoms with Crippen LogP contribution in [0.5, 0.6) is 0 Å². The first-order valence-corrected chi connectivity index (χ1v) is 8.27.